The van der Waals surface area contributed by atoms with Crippen LogP contribution in [-0.2, 0) is 15.1 Å². The van der Waals surface area contributed by atoms with E-state index in [0.29, 0.717) is 30.4 Å². The molecular formula is C28H32F6N2O2. The number of carbonyl (C=O) groups is 2. The van der Waals surface area contributed by atoms with Crippen LogP contribution in [0.2, 0.25) is 0 Å². The third kappa shape index (κ3) is 3.87. The van der Waals surface area contributed by atoms with Crippen molar-refractivity contribution in [3.63, 3.8) is 0 Å². The van der Waals surface area contributed by atoms with Crippen LogP contribution in [0.25, 0.3) is 0 Å². The Labute approximate surface area is 217 Å². The number of carbonyl (C=O) groups excluding carboxylic acids is 2. The van der Waals surface area contributed by atoms with Gasteiger partial charge in [0.2, 0.25) is 0 Å². The molecule has 0 saturated heterocycles. The van der Waals surface area contributed by atoms with Gasteiger partial charge in [-0.25, -0.2) is 0 Å². The molecule has 2 amide bonds. The van der Waals surface area contributed by atoms with Crippen LogP contribution in [-0.4, -0.2) is 30.2 Å². The van der Waals surface area contributed by atoms with Crippen molar-refractivity contribution >= 4 is 11.8 Å². The molecule has 3 aliphatic carbocycles. The van der Waals surface area contributed by atoms with E-state index in [1.165, 1.54) is 17.5 Å². The Balaban J connectivity index is 1.53. The van der Waals surface area contributed by atoms with Gasteiger partial charge >= 0.3 is 12.4 Å². The Morgan fingerprint density at radius 2 is 1.58 bits per heavy atom. The minimum atomic E-state index is -5.92. The summed E-state index contributed by atoms with van der Waals surface area (Å²) in [6.45, 7) is 4.20. The first-order chi connectivity index (χ1) is 17.6. The molecule has 1 aromatic rings. The highest BCUT2D eigenvalue weighted by atomic mass is 19.4. The first-order valence-corrected chi connectivity index (χ1v) is 13.2. The molecule has 6 atom stereocenters. The normalized spacial score (nSPS) is 35.4. The predicted octanol–water partition coefficient (Wildman–Crippen LogP) is 6.18. The summed E-state index contributed by atoms with van der Waals surface area (Å²) in [5, 5.41) is 4.00. The maximum Gasteiger partial charge on any atom is 0.424 e. The van der Waals surface area contributed by atoms with Crippen molar-refractivity contribution in [2.45, 2.75) is 82.7 Å². The van der Waals surface area contributed by atoms with Crippen molar-refractivity contribution in [2.75, 3.05) is 0 Å². The Morgan fingerprint density at radius 3 is 2.21 bits per heavy atom. The van der Waals surface area contributed by atoms with Gasteiger partial charge in [0.1, 0.15) is 5.57 Å². The molecule has 1 aliphatic heterocycles. The fraction of sp³-hybridized carbons (Fsp3) is 0.643. The van der Waals surface area contributed by atoms with Gasteiger partial charge in [-0.1, -0.05) is 56.7 Å². The number of hydrogen-bond acceptors (Lipinski definition) is 2. The summed E-state index contributed by atoms with van der Waals surface area (Å²) in [5.41, 5.74) is -7.07. The lowest BCUT2D eigenvalue weighted by Gasteiger charge is -2.58. The largest absolute Gasteiger partial charge is 0.424 e. The molecule has 0 bridgehead atoms. The minimum absolute atomic E-state index is 0.0740. The fourth-order valence-electron chi connectivity index (χ4n) is 8.23. The van der Waals surface area contributed by atoms with Gasteiger partial charge < -0.3 is 10.6 Å². The second-order valence-electron chi connectivity index (χ2n) is 12.1. The van der Waals surface area contributed by atoms with Crippen LogP contribution < -0.4 is 10.6 Å². The molecule has 1 heterocycles. The molecule has 3 fully saturated rings. The topological polar surface area (TPSA) is 58.2 Å². The van der Waals surface area contributed by atoms with E-state index in [0.717, 1.165) is 50.7 Å². The van der Waals surface area contributed by atoms with Crippen molar-refractivity contribution in [2.24, 2.45) is 28.6 Å². The van der Waals surface area contributed by atoms with Crippen molar-refractivity contribution < 1.29 is 35.9 Å². The van der Waals surface area contributed by atoms with E-state index in [-0.39, 0.29) is 17.4 Å². The Morgan fingerprint density at radius 1 is 0.921 bits per heavy atom. The third-order valence-electron chi connectivity index (χ3n) is 10.2. The van der Waals surface area contributed by atoms with E-state index in [4.69, 9.17) is 0 Å². The van der Waals surface area contributed by atoms with Gasteiger partial charge in [0, 0.05) is 11.5 Å². The summed E-state index contributed by atoms with van der Waals surface area (Å²) >= 11 is 0. The zero-order chi connectivity index (χ0) is 27.7. The Bertz CT molecular complexity index is 1130. The van der Waals surface area contributed by atoms with Crippen LogP contribution >= 0.6 is 0 Å². The average Bonchev–Trinajstić information content (AvgIpc) is 3.23. The lowest BCUT2D eigenvalue weighted by Crippen LogP contribution is -2.66. The van der Waals surface area contributed by atoms with Crippen molar-refractivity contribution in [3.05, 3.63) is 47.5 Å². The molecule has 0 radical (unpaired) electrons. The molecule has 3 saturated carbocycles. The Kier molecular flexibility index (Phi) is 6.23. The van der Waals surface area contributed by atoms with E-state index in [1.54, 1.807) is 0 Å². The summed E-state index contributed by atoms with van der Waals surface area (Å²) < 4.78 is 85.5. The van der Waals surface area contributed by atoms with Crippen LogP contribution in [0.3, 0.4) is 0 Å². The molecule has 5 rings (SSSR count). The van der Waals surface area contributed by atoms with Gasteiger partial charge in [0.25, 0.3) is 17.4 Å². The van der Waals surface area contributed by atoms with Gasteiger partial charge in [-0.15, -0.1) is 0 Å². The van der Waals surface area contributed by atoms with Gasteiger partial charge in [-0.05, 0) is 67.3 Å². The highest BCUT2D eigenvalue weighted by Gasteiger charge is 2.73. The molecule has 38 heavy (non-hydrogen) atoms. The standard InChI is InChI=1S/C28H32F6N2O2/c1-24-13-6-9-19(24)17-10-11-21-25(2,20(17)12-14-24)15-18(22(37)35-21)23(38)36-26(27(29,30)31,28(32,33)34)16-7-4-3-5-8-16/h3-5,7-8,15,17,19-21H,6,9-14H2,1-2H3,(H,35,37)(H,36,38)/t17-,19-,20+,21?,24-,25+/m0/s1. The van der Waals surface area contributed by atoms with E-state index in [9.17, 15) is 35.9 Å². The van der Waals surface area contributed by atoms with E-state index < -0.39 is 46.3 Å². The quantitative estimate of drug-likeness (QED) is 0.354. The fourth-order valence-corrected chi connectivity index (χ4v) is 8.23. The first kappa shape index (κ1) is 27.1. The van der Waals surface area contributed by atoms with Crippen molar-refractivity contribution in [3.8, 4) is 0 Å². The molecule has 2 N–H and O–H groups in total. The van der Waals surface area contributed by atoms with Crippen LogP contribution in [0.5, 0.6) is 0 Å². The average molecular weight is 543 g/mol. The Hall–Kier alpha value is -2.52. The highest BCUT2D eigenvalue weighted by molar-refractivity contribution is 6.19. The third-order valence-corrected chi connectivity index (χ3v) is 10.2. The highest BCUT2D eigenvalue weighted by Crippen LogP contribution is 2.63. The van der Waals surface area contributed by atoms with Gasteiger partial charge in [0.15, 0.2) is 0 Å². The van der Waals surface area contributed by atoms with Crippen LogP contribution in [0.1, 0.15) is 64.4 Å². The van der Waals surface area contributed by atoms with Crippen molar-refractivity contribution in [1.29, 1.82) is 0 Å². The second-order valence-corrected chi connectivity index (χ2v) is 12.1. The van der Waals surface area contributed by atoms with Crippen LogP contribution in [0.4, 0.5) is 26.3 Å². The lowest BCUT2D eigenvalue weighted by atomic mass is 9.48. The molecule has 0 aromatic heterocycles. The van der Waals surface area contributed by atoms with Gasteiger partial charge in [-0.3, -0.25) is 9.59 Å². The summed E-state index contributed by atoms with van der Waals surface area (Å²) in [6.07, 6.45) is -3.71. The van der Waals surface area contributed by atoms with Crippen molar-refractivity contribution in [1.82, 2.24) is 10.6 Å². The van der Waals surface area contributed by atoms with E-state index in [2.05, 4.69) is 12.2 Å². The number of benzene rings is 1. The number of fused-ring (bicyclic) bond motifs is 5. The monoisotopic (exact) mass is 542 g/mol. The van der Waals surface area contributed by atoms with E-state index >= 15 is 0 Å². The summed E-state index contributed by atoms with van der Waals surface area (Å²) in [4.78, 5) is 26.2. The summed E-state index contributed by atoms with van der Waals surface area (Å²) in [6, 6.07) is 4.35. The predicted molar refractivity (Wildman–Crippen MR) is 127 cm³/mol. The molecule has 1 aromatic carbocycles. The molecular weight excluding hydrogens is 510 g/mol. The van der Waals surface area contributed by atoms with E-state index in [1.807, 2.05) is 6.92 Å². The minimum Gasteiger partial charge on any atom is -0.348 e. The zero-order valence-electron chi connectivity index (χ0n) is 21.3. The second kappa shape index (κ2) is 8.74. The first-order valence-electron chi connectivity index (χ1n) is 13.2. The molecule has 1 unspecified atom stereocenters. The van der Waals surface area contributed by atoms with Crippen LogP contribution in [0.15, 0.2) is 42.0 Å². The smallest absolute Gasteiger partial charge is 0.348 e. The zero-order valence-corrected chi connectivity index (χ0v) is 21.3. The number of halogens is 6. The number of amides is 2. The number of alkyl halides is 6. The molecule has 4 aliphatic rings. The van der Waals surface area contributed by atoms with Crippen LogP contribution in [0, 0.1) is 28.6 Å². The number of hydrogen-bond donors (Lipinski definition) is 2. The maximum absolute atomic E-state index is 14.3. The molecule has 4 nitrogen and oxygen atoms in total. The van der Waals surface area contributed by atoms with Gasteiger partial charge in [-0.2, -0.15) is 26.3 Å². The molecule has 208 valence electrons. The lowest BCUT2D eigenvalue weighted by molar-refractivity contribution is -0.311. The van der Waals surface area contributed by atoms with Gasteiger partial charge in [0.05, 0.1) is 0 Å². The summed E-state index contributed by atoms with van der Waals surface area (Å²) in [7, 11) is 0. The number of rotatable bonds is 3. The SMILES string of the molecule is C[C@@]12CCC[C@H]1[C@@H]1CCC3NC(=O)C(C(=O)NC(c4ccccc4)(C(F)(F)F)C(F)(F)F)=C[C@]3(C)[C@@H]1CC2. The summed E-state index contributed by atoms with van der Waals surface area (Å²) in [5.74, 6) is -1.74. The number of nitrogens with one attached hydrogen (secondary N) is 2. The maximum atomic E-state index is 14.3. The molecule has 0 spiro atoms. The molecule has 10 heteroatoms.